The van der Waals surface area contributed by atoms with E-state index < -0.39 is 0 Å². The third-order valence-corrected chi connectivity index (χ3v) is 5.04. The van der Waals surface area contributed by atoms with Gasteiger partial charge in [0, 0.05) is 28.5 Å². The van der Waals surface area contributed by atoms with Crippen LogP contribution in [-0.2, 0) is 6.42 Å². The molecule has 0 aliphatic carbocycles. The van der Waals surface area contributed by atoms with Crippen LogP contribution in [0.2, 0.25) is 0 Å². The van der Waals surface area contributed by atoms with E-state index in [1.807, 2.05) is 6.07 Å². The molecule has 1 fully saturated rings. The standard InChI is InChI=1S/C13H15BrN2S/c14-10-4-5-13-15-11(9-16(13)8-10)7-12-3-1-2-6-17-12/h4-5,8-9,12H,1-3,6-7H2. The Kier molecular flexibility index (Phi) is 3.43. The summed E-state index contributed by atoms with van der Waals surface area (Å²) < 4.78 is 3.20. The van der Waals surface area contributed by atoms with Crippen LogP contribution in [0.25, 0.3) is 5.65 Å². The minimum absolute atomic E-state index is 0.775. The number of hydrogen-bond donors (Lipinski definition) is 0. The van der Waals surface area contributed by atoms with Gasteiger partial charge in [-0.05, 0) is 46.7 Å². The average Bonchev–Trinajstić information content (AvgIpc) is 2.71. The Morgan fingerprint density at radius 3 is 3.12 bits per heavy atom. The molecule has 0 spiro atoms. The SMILES string of the molecule is Brc1ccc2nc(CC3CCCCS3)cn2c1. The van der Waals surface area contributed by atoms with Gasteiger partial charge in [0.25, 0.3) is 0 Å². The Morgan fingerprint density at radius 1 is 1.35 bits per heavy atom. The molecule has 0 bridgehead atoms. The normalized spacial score (nSPS) is 20.9. The van der Waals surface area contributed by atoms with E-state index in [2.05, 4.69) is 55.5 Å². The highest BCUT2D eigenvalue weighted by Gasteiger charge is 2.15. The summed E-state index contributed by atoms with van der Waals surface area (Å²) in [5.74, 6) is 1.32. The molecule has 1 atom stereocenters. The topological polar surface area (TPSA) is 17.3 Å². The maximum absolute atomic E-state index is 4.68. The number of halogens is 1. The summed E-state index contributed by atoms with van der Waals surface area (Å²) in [7, 11) is 0. The van der Waals surface area contributed by atoms with Crippen LogP contribution in [0.5, 0.6) is 0 Å². The van der Waals surface area contributed by atoms with E-state index in [0.29, 0.717) is 0 Å². The first-order valence-electron chi connectivity index (χ1n) is 6.06. The fourth-order valence-electron chi connectivity index (χ4n) is 2.32. The second-order valence-corrected chi connectivity index (χ2v) is 6.86. The smallest absolute Gasteiger partial charge is 0.137 e. The predicted molar refractivity (Wildman–Crippen MR) is 76.7 cm³/mol. The highest BCUT2D eigenvalue weighted by Crippen LogP contribution is 2.27. The van der Waals surface area contributed by atoms with Crippen LogP contribution in [0.15, 0.2) is 29.0 Å². The predicted octanol–water partition coefficient (Wildman–Crippen LogP) is 3.93. The Morgan fingerprint density at radius 2 is 2.29 bits per heavy atom. The van der Waals surface area contributed by atoms with Crippen molar-refractivity contribution in [2.45, 2.75) is 30.9 Å². The molecule has 1 unspecified atom stereocenters. The molecule has 4 heteroatoms. The van der Waals surface area contributed by atoms with E-state index in [-0.39, 0.29) is 0 Å². The number of fused-ring (bicyclic) bond motifs is 1. The lowest BCUT2D eigenvalue weighted by atomic mass is 10.1. The van der Waals surface area contributed by atoms with Crippen molar-refractivity contribution in [1.29, 1.82) is 0 Å². The van der Waals surface area contributed by atoms with Crippen LogP contribution in [-0.4, -0.2) is 20.4 Å². The second kappa shape index (κ2) is 5.02. The molecular formula is C13H15BrN2S. The summed E-state index contributed by atoms with van der Waals surface area (Å²) >= 11 is 5.60. The van der Waals surface area contributed by atoms with Crippen LogP contribution in [0.3, 0.4) is 0 Å². The van der Waals surface area contributed by atoms with Gasteiger partial charge in [0.15, 0.2) is 0 Å². The maximum atomic E-state index is 4.68. The number of nitrogens with zero attached hydrogens (tertiary/aromatic N) is 2. The zero-order chi connectivity index (χ0) is 11.7. The molecule has 1 aliphatic rings. The minimum Gasteiger partial charge on any atom is -0.306 e. The molecule has 0 N–H and O–H groups in total. The van der Waals surface area contributed by atoms with E-state index in [0.717, 1.165) is 21.8 Å². The highest BCUT2D eigenvalue weighted by molar-refractivity contribution is 9.10. The summed E-state index contributed by atoms with van der Waals surface area (Å²) in [6.45, 7) is 0. The third kappa shape index (κ3) is 2.68. The molecule has 1 saturated heterocycles. The number of pyridine rings is 1. The zero-order valence-electron chi connectivity index (χ0n) is 9.60. The zero-order valence-corrected chi connectivity index (χ0v) is 12.0. The van der Waals surface area contributed by atoms with Crippen molar-refractivity contribution in [3.05, 3.63) is 34.7 Å². The lowest BCUT2D eigenvalue weighted by Crippen LogP contribution is -2.12. The quantitative estimate of drug-likeness (QED) is 0.836. The van der Waals surface area contributed by atoms with Gasteiger partial charge in [-0.25, -0.2) is 4.98 Å². The van der Waals surface area contributed by atoms with Gasteiger partial charge in [-0.1, -0.05) is 6.42 Å². The fraction of sp³-hybridized carbons (Fsp3) is 0.462. The molecule has 0 aromatic carbocycles. The monoisotopic (exact) mass is 310 g/mol. The van der Waals surface area contributed by atoms with Crippen molar-refractivity contribution >= 4 is 33.3 Å². The number of hydrogen-bond acceptors (Lipinski definition) is 2. The molecule has 1 aliphatic heterocycles. The molecule has 0 radical (unpaired) electrons. The Labute approximate surface area is 114 Å². The van der Waals surface area contributed by atoms with Crippen molar-refractivity contribution in [2.75, 3.05) is 5.75 Å². The summed E-state index contributed by atoms with van der Waals surface area (Å²) in [5, 5.41) is 0.775. The van der Waals surface area contributed by atoms with Crippen LogP contribution < -0.4 is 0 Å². The van der Waals surface area contributed by atoms with E-state index in [4.69, 9.17) is 0 Å². The van der Waals surface area contributed by atoms with E-state index in [9.17, 15) is 0 Å². The van der Waals surface area contributed by atoms with Crippen LogP contribution in [0.1, 0.15) is 25.0 Å². The van der Waals surface area contributed by atoms with Crippen LogP contribution in [0.4, 0.5) is 0 Å². The first-order chi connectivity index (χ1) is 8.31. The first kappa shape index (κ1) is 11.6. The van der Waals surface area contributed by atoms with Crippen LogP contribution >= 0.6 is 27.7 Å². The lowest BCUT2D eigenvalue weighted by Gasteiger charge is -2.19. The number of rotatable bonds is 2. The molecular weight excluding hydrogens is 296 g/mol. The molecule has 0 amide bonds. The Bertz CT molecular complexity index is 517. The Hall–Kier alpha value is -0.480. The molecule has 2 aromatic rings. The van der Waals surface area contributed by atoms with Gasteiger partial charge >= 0.3 is 0 Å². The minimum atomic E-state index is 0.775. The lowest BCUT2D eigenvalue weighted by molar-refractivity contribution is 0.656. The van der Waals surface area contributed by atoms with Gasteiger partial charge in [0.05, 0.1) is 5.69 Å². The van der Waals surface area contributed by atoms with Crippen molar-refractivity contribution in [1.82, 2.24) is 9.38 Å². The van der Waals surface area contributed by atoms with Crippen molar-refractivity contribution in [3.8, 4) is 0 Å². The average molecular weight is 311 g/mol. The summed E-state index contributed by atoms with van der Waals surface area (Å²) in [5.41, 5.74) is 2.27. The van der Waals surface area contributed by atoms with Crippen molar-refractivity contribution < 1.29 is 0 Å². The molecule has 0 saturated carbocycles. The van der Waals surface area contributed by atoms with Gasteiger partial charge < -0.3 is 4.40 Å². The van der Waals surface area contributed by atoms with Gasteiger partial charge in [0.2, 0.25) is 0 Å². The third-order valence-electron chi connectivity index (χ3n) is 3.18. The molecule has 3 rings (SSSR count). The molecule has 17 heavy (non-hydrogen) atoms. The van der Waals surface area contributed by atoms with Crippen molar-refractivity contribution in [3.63, 3.8) is 0 Å². The fourth-order valence-corrected chi connectivity index (χ4v) is 4.00. The highest BCUT2D eigenvalue weighted by atomic mass is 79.9. The van der Waals surface area contributed by atoms with Gasteiger partial charge in [-0.15, -0.1) is 0 Å². The summed E-state index contributed by atoms with van der Waals surface area (Å²) in [4.78, 5) is 4.68. The maximum Gasteiger partial charge on any atom is 0.137 e. The summed E-state index contributed by atoms with van der Waals surface area (Å²) in [6.07, 6.45) is 9.47. The summed E-state index contributed by atoms with van der Waals surface area (Å²) in [6, 6.07) is 4.10. The van der Waals surface area contributed by atoms with Crippen LogP contribution in [0, 0.1) is 0 Å². The van der Waals surface area contributed by atoms with Gasteiger partial charge in [-0.3, -0.25) is 0 Å². The number of thioether (sulfide) groups is 1. The van der Waals surface area contributed by atoms with E-state index in [1.165, 1.54) is 30.7 Å². The van der Waals surface area contributed by atoms with Gasteiger partial charge in [-0.2, -0.15) is 11.8 Å². The first-order valence-corrected chi connectivity index (χ1v) is 7.90. The molecule has 3 heterocycles. The number of imidazole rings is 1. The second-order valence-electron chi connectivity index (χ2n) is 4.54. The molecule has 90 valence electrons. The molecule has 2 nitrogen and oxygen atoms in total. The van der Waals surface area contributed by atoms with Gasteiger partial charge in [0.1, 0.15) is 5.65 Å². The van der Waals surface area contributed by atoms with E-state index >= 15 is 0 Å². The molecule has 2 aromatic heterocycles. The Balaban J connectivity index is 1.80. The van der Waals surface area contributed by atoms with Crippen molar-refractivity contribution in [2.24, 2.45) is 0 Å². The van der Waals surface area contributed by atoms with E-state index in [1.54, 1.807) is 0 Å². The number of aromatic nitrogens is 2. The largest absolute Gasteiger partial charge is 0.306 e.